The topological polar surface area (TPSA) is 34.1 Å². The van der Waals surface area contributed by atoms with Crippen LogP contribution in [0.25, 0.3) is 0 Å². The summed E-state index contributed by atoms with van der Waals surface area (Å²) in [6.45, 7) is 0. The Labute approximate surface area is 88.7 Å². The highest BCUT2D eigenvalue weighted by molar-refractivity contribution is 6.21. The minimum absolute atomic E-state index is 0.187. The number of ketones is 2. The molecule has 2 saturated carbocycles. The fourth-order valence-corrected chi connectivity index (χ4v) is 4.46. The molecule has 0 spiro atoms. The molecule has 2 heteroatoms. The summed E-state index contributed by atoms with van der Waals surface area (Å²) in [6.07, 6.45) is 6.69. The second-order valence-electron chi connectivity index (χ2n) is 5.66. The van der Waals surface area contributed by atoms with Crippen molar-refractivity contribution in [3.05, 3.63) is 11.1 Å². The minimum atomic E-state index is -0.187. The summed E-state index contributed by atoms with van der Waals surface area (Å²) in [5.74, 6) is 0.735. The lowest BCUT2D eigenvalue weighted by Crippen LogP contribution is -2.32. The molecule has 0 heterocycles. The van der Waals surface area contributed by atoms with Crippen molar-refractivity contribution in [2.75, 3.05) is 0 Å². The average molecular weight is 202 g/mol. The molecule has 0 unspecified atom stereocenters. The summed E-state index contributed by atoms with van der Waals surface area (Å²) in [4.78, 5) is 24.8. The Morgan fingerprint density at radius 2 is 1.33 bits per heavy atom. The van der Waals surface area contributed by atoms with Gasteiger partial charge in [-0.05, 0) is 38.5 Å². The average Bonchev–Trinajstić information content (AvgIpc) is 2.67. The van der Waals surface area contributed by atoms with Crippen LogP contribution in [0.1, 0.15) is 44.9 Å². The zero-order valence-electron chi connectivity index (χ0n) is 8.77. The van der Waals surface area contributed by atoms with Crippen molar-refractivity contribution in [1.82, 2.24) is 0 Å². The first-order valence-corrected chi connectivity index (χ1v) is 6.03. The van der Waals surface area contributed by atoms with Gasteiger partial charge in [0.2, 0.25) is 0 Å². The van der Waals surface area contributed by atoms with Crippen LogP contribution in [-0.2, 0) is 9.59 Å². The Balaban J connectivity index is 1.95. The molecule has 0 saturated heterocycles. The molecule has 2 atom stereocenters. The van der Waals surface area contributed by atoms with E-state index >= 15 is 0 Å². The highest BCUT2D eigenvalue weighted by atomic mass is 16.1. The maximum absolute atomic E-state index is 12.4. The van der Waals surface area contributed by atoms with Gasteiger partial charge in [0.1, 0.15) is 0 Å². The Hall–Kier alpha value is -0.920. The summed E-state index contributed by atoms with van der Waals surface area (Å²) in [6, 6.07) is 0. The molecular formula is C13H14O2. The number of rotatable bonds is 0. The van der Waals surface area contributed by atoms with Crippen LogP contribution in [0.4, 0.5) is 0 Å². The van der Waals surface area contributed by atoms with Gasteiger partial charge >= 0.3 is 0 Å². The molecule has 2 fully saturated rings. The molecule has 4 rings (SSSR count). The fourth-order valence-electron chi connectivity index (χ4n) is 4.46. The molecule has 0 N–H and O–H groups in total. The van der Waals surface area contributed by atoms with Crippen molar-refractivity contribution in [2.24, 2.45) is 10.8 Å². The lowest BCUT2D eigenvalue weighted by Gasteiger charge is -2.23. The number of carbonyl (C=O) groups is 2. The van der Waals surface area contributed by atoms with E-state index in [9.17, 15) is 9.59 Å². The molecule has 0 aromatic rings. The van der Waals surface area contributed by atoms with Crippen LogP contribution in [0.2, 0.25) is 0 Å². The van der Waals surface area contributed by atoms with E-state index < -0.39 is 0 Å². The van der Waals surface area contributed by atoms with Crippen LogP contribution in [0.3, 0.4) is 0 Å². The highest BCUT2D eigenvalue weighted by Crippen LogP contribution is 2.77. The van der Waals surface area contributed by atoms with Crippen molar-refractivity contribution in [1.29, 1.82) is 0 Å². The van der Waals surface area contributed by atoms with E-state index in [1.54, 1.807) is 0 Å². The van der Waals surface area contributed by atoms with E-state index in [0.717, 1.165) is 56.1 Å². The molecule has 2 nitrogen and oxygen atoms in total. The Kier molecular flexibility index (Phi) is 1.16. The first kappa shape index (κ1) is 8.26. The minimum Gasteiger partial charge on any atom is -0.294 e. The van der Waals surface area contributed by atoms with Crippen LogP contribution in [0.5, 0.6) is 0 Å². The number of hydrogen-bond acceptors (Lipinski definition) is 2. The number of Topliss-reactive ketones (excluding diaryl/α,β-unsaturated/α-hetero) is 2. The molecule has 4 aliphatic carbocycles. The van der Waals surface area contributed by atoms with Gasteiger partial charge in [0.15, 0.2) is 11.6 Å². The van der Waals surface area contributed by atoms with Gasteiger partial charge in [-0.1, -0.05) is 6.42 Å². The van der Waals surface area contributed by atoms with Gasteiger partial charge in [0, 0.05) is 22.0 Å². The quantitative estimate of drug-likeness (QED) is 0.603. The third kappa shape index (κ3) is 0.640. The second kappa shape index (κ2) is 2.11. The predicted octanol–water partition coefficient (Wildman–Crippen LogP) is 2.18. The maximum Gasteiger partial charge on any atom is 0.166 e. The van der Waals surface area contributed by atoms with E-state index in [1.807, 2.05) is 0 Å². The van der Waals surface area contributed by atoms with Crippen LogP contribution >= 0.6 is 0 Å². The number of carbonyl (C=O) groups excluding carboxylic acids is 2. The van der Waals surface area contributed by atoms with E-state index in [1.165, 1.54) is 0 Å². The molecule has 0 radical (unpaired) electrons. The van der Waals surface area contributed by atoms with E-state index in [0.29, 0.717) is 11.6 Å². The zero-order valence-corrected chi connectivity index (χ0v) is 8.77. The van der Waals surface area contributed by atoms with Crippen LogP contribution in [0, 0.1) is 10.8 Å². The first-order chi connectivity index (χ1) is 7.21. The molecule has 0 aromatic carbocycles. The van der Waals surface area contributed by atoms with Gasteiger partial charge in [-0.25, -0.2) is 0 Å². The monoisotopic (exact) mass is 202 g/mol. The zero-order chi connectivity index (χ0) is 10.3. The molecule has 0 aromatic heterocycles. The van der Waals surface area contributed by atoms with Gasteiger partial charge in [0.05, 0.1) is 0 Å². The summed E-state index contributed by atoms with van der Waals surface area (Å²) >= 11 is 0. The number of hydrogen-bond donors (Lipinski definition) is 0. The van der Waals surface area contributed by atoms with Crippen molar-refractivity contribution in [2.45, 2.75) is 44.9 Å². The van der Waals surface area contributed by atoms with Crippen LogP contribution in [-0.4, -0.2) is 11.6 Å². The summed E-state index contributed by atoms with van der Waals surface area (Å²) in [5.41, 5.74) is 1.48. The van der Waals surface area contributed by atoms with E-state index in [-0.39, 0.29) is 10.8 Å². The van der Waals surface area contributed by atoms with Gasteiger partial charge in [-0.3, -0.25) is 9.59 Å². The van der Waals surface area contributed by atoms with Crippen molar-refractivity contribution >= 4 is 11.6 Å². The van der Waals surface area contributed by atoms with E-state index in [4.69, 9.17) is 0 Å². The first-order valence-electron chi connectivity index (χ1n) is 6.03. The molecular weight excluding hydrogens is 188 g/mol. The molecule has 4 aliphatic rings. The summed E-state index contributed by atoms with van der Waals surface area (Å²) in [7, 11) is 0. The van der Waals surface area contributed by atoms with Crippen molar-refractivity contribution < 1.29 is 9.59 Å². The van der Waals surface area contributed by atoms with Crippen LogP contribution < -0.4 is 0 Å². The Morgan fingerprint density at radius 3 is 1.87 bits per heavy atom. The van der Waals surface area contributed by atoms with Gasteiger partial charge in [-0.15, -0.1) is 0 Å². The largest absolute Gasteiger partial charge is 0.294 e. The molecule has 0 amide bonds. The molecule has 78 valence electrons. The lowest BCUT2D eigenvalue weighted by atomic mass is 9.77. The predicted molar refractivity (Wildman–Crippen MR) is 54.2 cm³/mol. The van der Waals surface area contributed by atoms with Crippen molar-refractivity contribution in [3.8, 4) is 0 Å². The second-order valence-corrected chi connectivity index (χ2v) is 5.66. The Bertz CT molecular complexity index is 407. The van der Waals surface area contributed by atoms with Gasteiger partial charge in [0.25, 0.3) is 0 Å². The number of allylic oxidation sites excluding steroid dienone is 2. The SMILES string of the molecule is O=C1C2=C(CCC2)C(=O)[C@@]23CCC[C@]12C3. The lowest BCUT2D eigenvalue weighted by molar-refractivity contribution is -0.129. The third-order valence-electron chi connectivity index (χ3n) is 5.24. The van der Waals surface area contributed by atoms with E-state index in [2.05, 4.69) is 0 Å². The molecule has 0 aliphatic heterocycles. The molecule has 15 heavy (non-hydrogen) atoms. The Morgan fingerprint density at radius 1 is 0.800 bits per heavy atom. The highest BCUT2D eigenvalue weighted by Gasteiger charge is 2.79. The standard InChI is InChI=1S/C13H14O2/c14-10-8-3-1-4-9(8)11(15)13-6-2-5-12(10,13)7-13/h1-7H2/t12-,13-/m0/s1. The van der Waals surface area contributed by atoms with Crippen molar-refractivity contribution in [3.63, 3.8) is 0 Å². The maximum atomic E-state index is 12.4. The molecule has 0 bridgehead atoms. The summed E-state index contributed by atoms with van der Waals surface area (Å²) in [5, 5.41) is 0. The van der Waals surface area contributed by atoms with Gasteiger partial charge in [-0.2, -0.15) is 0 Å². The normalized spacial score (nSPS) is 46.7. The fraction of sp³-hybridized carbons (Fsp3) is 0.692. The third-order valence-corrected chi connectivity index (χ3v) is 5.24. The summed E-state index contributed by atoms with van der Waals surface area (Å²) < 4.78 is 0. The smallest absolute Gasteiger partial charge is 0.166 e. The van der Waals surface area contributed by atoms with Gasteiger partial charge < -0.3 is 0 Å². The van der Waals surface area contributed by atoms with Crippen LogP contribution in [0.15, 0.2) is 11.1 Å².